The van der Waals surface area contributed by atoms with Crippen molar-refractivity contribution in [3.05, 3.63) is 53.3 Å². The molecule has 0 aliphatic carbocycles. The molecular weight excluding hydrogens is 322 g/mol. The fraction of sp³-hybridized carbons (Fsp3) is 0.389. The highest BCUT2D eigenvalue weighted by Gasteiger charge is 2.29. The number of hydrogen-bond donors (Lipinski definition) is 0. The lowest BCUT2D eigenvalue weighted by atomic mass is 10.1. The Morgan fingerprint density at radius 3 is 2.58 bits per heavy atom. The van der Waals surface area contributed by atoms with Crippen LogP contribution < -0.4 is 4.31 Å². The Kier molecular flexibility index (Phi) is 4.60. The van der Waals surface area contributed by atoms with Gasteiger partial charge in [-0.1, -0.05) is 17.7 Å². The van der Waals surface area contributed by atoms with Gasteiger partial charge in [0.25, 0.3) is 10.0 Å². The number of aromatic nitrogens is 1. The van der Waals surface area contributed by atoms with E-state index in [0.717, 1.165) is 35.3 Å². The number of nitrogens with zero attached hydrogens (tertiary/aromatic N) is 3. The summed E-state index contributed by atoms with van der Waals surface area (Å²) in [6.45, 7) is 3.14. The Bertz CT molecular complexity index is 830. The molecule has 5 nitrogen and oxygen atoms in total. The molecule has 0 fully saturated rings. The summed E-state index contributed by atoms with van der Waals surface area (Å²) < 4.78 is 27.7. The maximum atomic E-state index is 13.1. The van der Waals surface area contributed by atoms with Gasteiger partial charge in [-0.05, 0) is 57.6 Å². The molecule has 0 amide bonds. The van der Waals surface area contributed by atoms with Gasteiger partial charge in [-0.15, -0.1) is 0 Å². The minimum Gasteiger partial charge on any atom is -0.304 e. The molecule has 2 aromatic rings. The van der Waals surface area contributed by atoms with Crippen molar-refractivity contribution in [2.24, 2.45) is 0 Å². The summed E-state index contributed by atoms with van der Waals surface area (Å²) in [6.07, 6.45) is 3.50. The average Bonchev–Trinajstić information content (AvgIpc) is 2.54. The fourth-order valence-corrected chi connectivity index (χ4v) is 4.50. The van der Waals surface area contributed by atoms with Crippen LogP contribution in [-0.2, 0) is 23.0 Å². The van der Waals surface area contributed by atoms with Crippen LogP contribution in [0.15, 0.2) is 41.4 Å². The molecule has 128 valence electrons. The number of benzene rings is 1. The molecular formula is C18H23N3O2S. The summed E-state index contributed by atoms with van der Waals surface area (Å²) in [5.41, 5.74) is 3.70. The van der Waals surface area contributed by atoms with Gasteiger partial charge in [0.2, 0.25) is 0 Å². The molecule has 3 rings (SSSR count). The van der Waals surface area contributed by atoms with E-state index in [2.05, 4.69) is 4.98 Å². The van der Waals surface area contributed by atoms with E-state index in [-0.39, 0.29) is 0 Å². The van der Waals surface area contributed by atoms with Crippen molar-refractivity contribution in [3.63, 3.8) is 0 Å². The Balaban J connectivity index is 2.03. The van der Waals surface area contributed by atoms with Gasteiger partial charge in [0.05, 0.1) is 16.3 Å². The van der Waals surface area contributed by atoms with Gasteiger partial charge < -0.3 is 4.90 Å². The predicted molar refractivity (Wildman–Crippen MR) is 95.7 cm³/mol. The minimum absolute atomic E-state index is 0.340. The lowest BCUT2D eigenvalue weighted by Crippen LogP contribution is -2.35. The molecule has 0 N–H and O–H groups in total. The Morgan fingerprint density at radius 2 is 1.92 bits per heavy atom. The van der Waals surface area contributed by atoms with E-state index in [1.165, 1.54) is 4.31 Å². The van der Waals surface area contributed by atoms with E-state index in [0.29, 0.717) is 18.0 Å². The molecule has 0 atom stereocenters. The van der Waals surface area contributed by atoms with Crippen molar-refractivity contribution < 1.29 is 8.42 Å². The molecule has 1 aromatic carbocycles. The van der Waals surface area contributed by atoms with Gasteiger partial charge in [0, 0.05) is 19.3 Å². The van der Waals surface area contributed by atoms with Crippen molar-refractivity contribution in [1.29, 1.82) is 0 Å². The van der Waals surface area contributed by atoms with E-state index in [1.54, 1.807) is 12.1 Å². The second-order valence-electron chi connectivity index (χ2n) is 6.54. The standard InChI is InChI=1S/C18H23N3O2S/c1-14-6-8-17(9-7-14)24(22,23)21-10-4-5-15-12-19-16(11-18(15)21)13-20(2)3/h6-9,11-12H,4-5,10,13H2,1-3H3. The average molecular weight is 345 g/mol. The Labute approximate surface area is 144 Å². The highest BCUT2D eigenvalue weighted by atomic mass is 32.2. The van der Waals surface area contributed by atoms with E-state index in [1.807, 2.05) is 50.3 Å². The Morgan fingerprint density at radius 1 is 1.21 bits per heavy atom. The Hall–Kier alpha value is -1.92. The first-order valence-electron chi connectivity index (χ1n) is 8.10. The zero-order chi connectivity index (χ0) is 17.3. The summed E-state index contributed by atoms with van der Waals surface area (Å²) in [6, 6.07) is 8.95. The number of hydrogen-bond acceptors (Lipinski definition) is 4. The highest BCUT2D eigenvalue weighted by Crippen LogP contribution is 2.32. The molecule has 24 heavy (non-hydrogen) atoms. The molecule has 0 unspecified atom stereocenters. The van der Waals surface area contributed by atoms with Crippen molar-refractivity contribution in [2.45, 2.75) is 31.2 Å². The lowest BCUT2D eigenvalue weighted by Gasteiger charge is -2.30. The van der Waals surface area contributed by atoms with Gasteiger partial charge in [-0.25, -0.2) is 8.42 Å². The van der Waals surface area contributed by atoms with Crippen molar-refractivity contribution in [1.82, 2.24) is 9.88 Å². The molecule has 0 spiro atoms. The molecule has 0 bridgehead atoms. The smallest absolute Gasteiger partial charge is 0.264 e. The number of anilines is 1. The van der Waals surface area contributed by atoms with Gasteiger partial charge in [0.15, 0.2) is 0 Å². The monoisotopic (exact) mass is 345 g/mol. The maximum Gasteiger partial charge on any atom is 0.264 e. The molecule has 1 aliphatic rings. The van der Waals surface area contributed by atoms with Crippen LogP contribution in [0.5, 0.6) is 0 Å². The van der Waals surface area contributed by atoms with Crippen LogP contribution in [0.3, 0.4) is 0 Å². The van der Waals surface area contributed by atoms with Crippen molar-refractivity contribution in [3.8, 4) is 0 Å². The first-order chi connectivity index (χ1) is 11.4. The first-order valence-corrected chi connectivity index (χ1v) is 9.54. The fourth-order valence-electron chi connectivity index (χ4n) is 2.97. The summed E-state index contributed by atoms with van der Waals surface area (Å²) >= 11 is 0. The number of pyridine rings is 1. The van der Waals surface area contributed by atoms with Crippen LogP contribution >= 0.6 is 0 Å². The van der Waals surface area contributed by atoms with Crippen molar-refractivity contribution in [2.75, 3.05) is 24.9 Å². The molecule has 2 heterocycles. The van der Waals surface area contributed by atoms with E-state index >= 15 is 0 Å². The molecule has 1 aliphatic heterocycles. The molecule has 0 saturated heterocycles. The third-order valence-electron chi connectivity index (χ3n) is 4.18. The van der Waals surface area contributed by atoms with Gasteiger partial charge in [-0.3, -0.25) is 9.29 Å². The van der Waals surface area contributed by atoms with Crippen LogP contribution in [0.4, 0.5) is 5.69 Å². The number of fused-ring (bicyclic) bond motifs is 1. The largest absolute Gasteiger partial charge is 0.304 e. The van der Waals surface area contributed by atoms with Crippen LogP contribution in [-0.4, -0.2) is 38.9 Å². The van der Waals surface area contributed by atoms with E-state index < -0.39 is 10.0 Å². The third kappa shape index (κ3) is 3.30. The molecule has 0 radical (unpaired) electrons. The molecule has 6 heteroatoms. The quantitative estimate of drug-likeness (QED) is 0.855. The van der Waals surface area contributed by atoms with Crippen LogP contribution in [0.2, 0.25) is 0 Å². The predicted octanol–water partition coefficient (Wildman–Crippen LogP) is 2.59. The maximum absolute atomic E-state index is 13.1. The number of rotatable bonds is 4. The van der Waals surface area contributed by atoms with Gasteiger partial charge in [-0.2, -0.15) is 0 Å². The second kappa shape index (κ2) is 6.53. The normalized spacial score (nSPS) is 14.8. The molecule has 0 saturated carbocycles. The topological polar surface area (TPSA) is 53.5 Å². The zero-order valence-corrected chi connectivity index (χ0v) is 15.2. The first kappa shape index (κ1) is 16.9. The lowest BCUT2D eigenvalue weighted by molar-refractivity contribution is 0.397. The highest BCUT2D eigenvalue weighted by molar-refractivity contribution is 7.92. The van der Waals surface area contributed by atoms with Crippen LogP contribution in [0.1, 0.15) is 23.2 Å². The van der Waals surface area contributed by atoms with Gasteiger partial charge >= 0.3 is 0 Å². The minimum atomic E-state index is -3.55. The second-order valence-corrected chi connectivity index (χ2v) is 8.40. The summed E-state index contributed by atoms with van der Waals surface area (Å²) in [4.78, 5) is 6.83. The number of sulfonamides is 1. The third-order valence-corrected chi connectivity index (χ3v) is 6.01. The summed E-state index contributed by atoms with van der Waals surface area (Å²) in [7, 11) is 0.403. The van der Waals surface area contributed by atoms with E-state index in [9.17, 15) is 8.42 Å². The summed E-state index contributed by atoms with van der Waals surface area (Å²) in [5, 5.41) is 0. The van der Waals surface area contributed by atoms with E-state index in [4.69, 9.17) is 0 Å². The van der Waals surface area contributed by atoms with Crippen LogP contribution in [0.25, 0.3) is 0 Å². The van der Waals surface area contributed by atoms with Gasteiger partial charge in [0.1, 0.15) is 0 Å². The number of aryl methyl sites for hydroxylation is 2. The van der Waals surface area contributed by atoms with Crippen molar-refractivity contribution >= 4 is 15.7 Å². The zero-order valence-electron chi connectivity index (χ0n) is 14.4. The summed E-state index contributed by atoms with van der Waals surface area (Å²) in [5.74, 6) is 0. The molecule has 1 aromatic heterocycles. The van der Waals surface area contributed by atoms with Crippen LogP contribution in [0, 0.1) is 6.92 Å². The SMILES string of the molecule is Cc1ccc(S(=O)(=O)N2CCCc3cnc(CN(C)C)cc32)cc1.